The lowest BCUT2D eigenvalue weighted by Gasteiger charge is -2.11. The van der Waals surface area contributed by atoms with Gasteiger partial charge < -0.3 is 9.47 Å². The minimum atomic E-state index is -1.67. The highest BCUT2D eigenvalue weighted by atomic mass is 19.2. The topological polar surface area (TPSA) is 35.5 Å². The third kappa shape index (κ3) is 2.87. The minimum Gasteiger partial charge on any atom is -0.491 e. The van der Waals surface area contributed by atoms with Crippen LogP contribution in [0.1, 0.15) is 32.8 Å². The molecule has 1 aliphatic rings. The van der Waals surface area contributed by atoms with Crippen molar-refractivity contribution in [1.29, 1.82) is 0 Å². The van der Waals surface area contributed by atoms with E-state index < -0.39 is 53.1 Å². The monoisotopic (exact) mass is 346 g/mol. The molecule has 1 fully saturated rings. The number of hydrogen-bond acceptors (Lipinski definition) is 3. The minimum absolute atomic E-state index is 0.388. The van der Waals surface area contributed by atoms with E-state index in [2.05, 4.69) is 4.74 Å². The third-order valence-corrected chi connectivity index (χ3v) is 4.23. The van der Waals surface area contributed by atoms with E-state index in [9.17, 15) is 22.4 Å². The molecule has 0 bridgehead atoms. The normalized spacial score (nSPS) is 20.2. The van der Waals surface area contributed by atoms with Crippen LogP contribution in [0.3, 0.4) is 0 Å². The summed E-state index contributed by atoms with van der Waals surface area (Å²) in [6, 6.07) is 0. The molecule has 0 unspecified atom stereocenters. The Hall–Kier alpha value is -2.05. The van der Waals surface area contributed by atoms with Crippen molar-refractivity contribution in [2.24, 2.45) is 11.3 Å². The van der Waals surface area contributed by atoms with Crippen LogP contribution in [0.15, 0.2) is 11.6 Å². The van der Waals surface area contributed by atoms with Crippen LogP contribution in [0.5, 0.6) is 5.75 Å². The van der Waals surface area contributed by atoms with Gasteiger partial charge in [-0.1, -0.05) is 32.4 Å². The van der Waals surface area contributed by atoms with Crippen LogP contribution in [-0.2, 0) is 16.1 Å². The molecule has 1 saturated carbocycles. The summed E-state index contributed by atoms with van der Waals surface area (Å²) >= 11 is 0. The van der Waals surface area contributed by atoms with Crippen molar-refractivity contribution < 1.29 is 31.8 Å². The van der Waals surface area contributed by atoms with E-state index in [0.29, 0.717) is 0 Å². The average molecular weight is 346 g/mol. The maximum Gasteiger partial charge on any atom is 0.314 e. The Kier molecular flexibility index (Phi) is 4.92. The number of esters is 1. The van der Waals surface area contributed by atoms with Crippen LogP contribution in [0.4, 0.5) is 17.6 Å². The first kappa shape index (κ1) is 18.3. The Balaban J connectivity index is 2.19. The Morgan fingerprint density at radius 2 is 1.67 bits per heavy atom. The van der Waals surface area contributed by atoms with E-state index in [4.69, 9.17) is 4.74 Å². The van der Waals surface area contributed by atoms with Gasteiger partial charge in [-0.3, -0.25) is 4.79 Å². The van der Waals surface area contributed by atoms with Gasteiger partial charge >= 0.3 is 5.97 Å². The molecule has 1 aromatic carbocycles. The molecule has 3 nitrogen and oxygen atoms in total. The summed E-state index contributed by atoms with van der Waals surface area (Å²) in [7, 11) is 0.886. The molecule has 1 aromatic rings. The molecule has 1 aliphatic carbocycles. The van der Waals surface area contributed by atoms with E-state index in [1.54, 1.807) is 0 Å². The van der Waals surface area contributed by atoms with E-state index in [0.717, 1.165) is 19.1 Å². The highest BCUT2D eigenvalue weighted by molar-refractivity contribution is 5.83. The van der Waals surface area contributed by atoms with Gasteiger partial charge in [0.05, 0.1) is 18.6 Å². The van der Waals surface area contributed by atoms with Gasteiger partial charge in [-0.05, 0) is 6.42 Å². The number of ether oxygens (including phenoxy) is 2. The fourth-order valence-corrected chi connectivity index (χ4v) is 2.79. The number of rotatable bonds is 5. The number of carbonyl (C=O) groups excluding carboxylic acids is 1. The van der Waals surface area contributed by atoms with E-state index in [-0.39, 0.29) is 5.41 Å². The van der Waals surface area contributed by atoms with Crippen LogP contribution in [0.2, 0.25) is 0 Å². The molecule has 132 valence electrons. The lowest BCUT2D eigenvalue weighted by Crippen LogP contribution is -2.14. The summed E-state index contributed by atoms with van der Waals surface area (Å²) in [5.41, 5.74) is -0.498. The highest BCUT2D eigenvalue weighted by Gasteiger charge is 2.57. The first-order valence-corrected chi connectivity index (χ1v) is 7.44. The first-order chi connectivity index (χ1) is 11.2. The van der Waals surface area contributed by atoms with Gasteiger partial charge in [-0.2, -0.15) is 8.78 Å². The van der Waals surface area contributed by atoms with Gasteiger partial charge in [-0.15, -0.1) is 0 Å². The number of allylic oxidation sites excluding steroid dienone is 1. The third-order valence-electron chi connectivity index (χ3n) is 4.23. The van der Waals surface area contributed by atoms with Crippen molar-refractivity contribution in [2.45, 2.75) is 33.8 Å². The van der Waals surface area contributed by atoms with Crippen molar-refractivity contribution in [3.05, 3.63) is 40.5 Å². The zero-order valence-electron chi connectivity index (χ0n) is 13.8. The fraction of sp³-hybridized carbons (Fsp3) is 0.471. The van der Waals surface area contributed by atoms with E-state index in [1.165, 1.54) is 0 Å². The quantitative estimate of drug-likeness (QED) is 0.345. The molecule has 0 saturated heterocycles. The van der Waals surface area contributed by atoms with Gasteiger partial charge in [0.25, 0.3) is 0 Å². The molecule has 0 amide bonds. The van der Waals surface area contributed by atoms with Crippen LogP contribution >= 0.6 is 0 Å². The smallest absolute Gasteiger partial charge is 0.314 e. The number of benzene rings is 1. The van der Waals surface area contributed by atoms with Crippen molar-refractivity contribution in [3.8, 4) is 5.75 Å². The van der Waals surface area contributed by atoms with Crippen LogP contribution in [0.25, 0.3) is 0 Å². The SMILES string of the molecule is CC/C=C1/[C@H](C(=O)OCc2c(F)c(F)c(OC)c(F)c2F)C1(C)C. The maximum absolute atomic E-state index is 13.8. The Morgan fingerprint density at radius 3 is 2.12 bits per heavy atom. The first-order valence-electron chi connectivity index (χ1n) is 7.44. The number of carbonyl (C=O) groups is 1. The lowest BCUT2D eigenvalue weighted by atomic mass is 10.1. The molecule has 0 radical (unpaired) electrons. The van der Waals surface area contributed by atoms with Crippen LogP contribution in [0, 0.1) is 34.6 Å². The number of halogens is 4. The molecule has 0 spiro atoms. The maximum atomic E-state index is 13.8. The van der Waals surface area contributed by atoms with E-state index in [1.807, 2.05) is 26.8 Å². The predicted molar refractivity (Wildman–Crippen MR) is 78.3 cm³/mol. The van der Waals surface area contributed by atoms with Gasteiger partial charge in [-0.25, -0.2) is 8.78 Å². The number of methoxy groups -OCH3 is 1. The van der Waals surface area contributed by atoms with Crippen molar-refractivity contribution in [3.63, 3.8) is 0 Å². The molecular formula is C17H18F4O3. The zero-order valence-corrected chi connectivity index (χ0v) is 13.8. The average Bonchev–Trinajstić information content (AvgIpc) is 3.07. The summed E-state index contributed by atoms with van der Waals surface area (Å²) in [5.74, 6) is -8.97. The summed E-state index contributed by atoms with van der Waals surface area (Å²) in [6.07, 6.45) is 2.63. The van der Waals surface area contributed by atoms with Gasteiger partial charge in [0.1, 0.15) is 6.61 Å². The second-order valence-corrected chi connectivity index (χ2v) is 6.10. The second-order valence-electron chi connectivity index (χ2n) is 6.10. The highest BCUT2D eigenvalue weighted by Crippen LogP contribution is 2.58. The Labute approximate surface area is 137 Å². The predicted octanol–water partition coefficient (Wildman–Crippen LogP) is 4.29. The van der Waals surface area contributed by atoms with Gasteiger partial charge in [0.2, 0.25) is 11.6 Å². The largest absolute Gasteiger partial charge is 0.491 e. The second kappa shape index (κ2) is 6.45. The van der Waals surface area contributed by atoms with E-state index >= 15 is 0 Å². The van der Waals surface area contributed by atoms with Crippen LogP contribution < -0.4 is 4.74 Å². The summed E-state index contributed by atoms with van der Waals surface area (Å²) in [5, 5.41) is 0. The molecule has 24 heavy (non-hydrogen) atoms. The fourth-order valence-electron chi connectivity index (χ4n) is 2.79. The van der Waals surface area contributed by atoms with Gasteiger partial charge in [0, 0.05) is 5.41 Å². The Morgan fingerprint density at radius 1 is 1.12 bits per heavy atom. The molecule has 1 atom stereocenters. The molecule has 0 aromatic heterocycles. The zero-order chi connectivity index (χ0) is 18.2. The Bertz CT molecular complexity index is 681. The van der Waals surface area contributed by atoms with Crippen molar-refractivity contribution in [2.75, 3.05) is 7.11 Å². The summed E-state index contributed by atoms with van der Waals surface area (Å²) in [6.45, 7) is 4.69. The molecular weight excluding hydrogens is 328 g/mol. The molecule has 0 heterocycles. The molecule has 7 heteroatoms. The van der Waals surface area contributed by atoms with Gasteiger partial charge in [0.15, 0.2) is 17.4 Å². The number of hydrogen-bond donors (Lipinski definition) is 0. The van der Waals surface area contributed by atoms with Crippen LogP contribution in [-0.4, -0.2) is 13.1 Å². The van der Waals surface area contributed by atoms with Crippen molar-refractivity contribution in [1.82, 2.24) is 0 Å². The molecule has 0 aliphatic heterocycles. The standard InChI is InChI=1S/C17H18F4O3/c1-5-6-9-10(17(9,2)3)16(22)24-7-8-11(18)13(20)15(23-4)14(21)12(8)19/h6,10H,5,7H2,1-4H3/b9-6-/t10-/m1/s1. The summed E-state index contributed by atoms with van der Waals surface area (Å²) < 4.78 is 64.1. The molecule has 2 rings (SSSR count). The molecule has 0 N–H and O–H groups in total. The van der Waals surface area contributed by atoms with Crippen molar-refractivity contribution >= 4 is 5.97 Å². The summed E-state index contributed by atoms with van der Waals surface area (Å²) in [4.78, 5) is 12.1. The lowest BCUT2D eigenvalue weighted by molar-refractivity contribution is -0.147.